The topological polar surface area (TPSA) is 98.5 Å². The van der Waals surface area contributed by atoms with Crippen LogP contribution in [0.3, 0.4) is 0 Å². The van der Waals surface area contributed by atoms with E-state index in [1.165, 1.54) is 6.07 Å². The molecular formula is C23H20N2O4. The monoisotopic (exact) mass is 388 g/mol. The van der Waals surface area contributed by atoms with E-state index in [1.807, 2.05) is 54.6 Å². The molecule has 29 heavy (non-hydrogen) atoms. The van der Waals surface area contributed by atoms with E-state index in [1.54, 1.807) is 18.2 Å². The molecule has 2 amide bonds. The summed E-state index contributed by atoms with van der Waals surface area (Å²) in [6.07, 6.45) is 0.0558. The molecule has 0 aliphatic rings. The second kappa shape index (κ2) is 9.32. The molecule has 0 aromatic heterocycles. The smallest absolute Gasteiger partial charge is 0.310 e. The summed E-state index contributed by atoms with van der Waals surface area (Å²) >= 11 is 0. The van der Waals surface area contributed by atoms with Crippen molar-refractivity contribution in [3.63, 3.8) is 0 Å². The Balaban J connectivity index is 1.51. The summed E-state index contributed by atoms with van der Waals surface area (Å²) in [5.41, 5.74) is 8.66. The van der Waals surface area contributed by atoms with E-state index in [2.05, 4.69) is 5.32 Å². The van der Waals surface area contributed by atoms with Gasteiger partial charge in [-0.1, -0.05) is 66.7 Å². The average Bonchev–Trinajstić information content (AvgIpc) is 2.74. The van der Waals surface area contributed by atoms with E-state index in [0.29, 0.717) is 0 Å². The Hall–Kier alpha value is -3.93. The molecule has 0 fully saturated rings. The van der Waals surface area contributed by atoms with Crippen LogP contribution < -0.4 is 11.1 Å². The zero-order valence-electron chi connectivity index (χ0n) is 15.6. The molecule has 0 bridgehead atoms. The first-order chi connectivity index (χ1) is 14.0. The SMILES string of the molecule is NC(=O)c1ccccc1NC(=O)COC(=O)Cc1ccc(-c2ccccc2)cc1. The van der Waals surface area contributed by atoms with Crippen molar-refractivity contribution in [1.82, 2.24) is 0 Å². The Morgan fingerprint density at radius 1 is 0.793 bits per heavy atom. The molecule has 0 radical (unpaired) electrons. The van der Waals surface area contributed by atoms with Crippen molar-refractivity contribution in [1.29, 1.82) is 0 Å². The summed E-state index contributed by atoms with van der Waals surface area (Å²) in [7, 11) is 0. The van der Waals surface area contributed by atoms with Crippen LogP contribution >= 0.6 is 0 Å². The fraction of sp³-hybridized carbons (Fsp3) is 0.0870. The number of ether oxygens (including phenoxy) is 1. The van der Waals surface area contributed by atoms with Crippen molar-refractivity contribution >= 4 is 23.5 Å². The number of hydrogen-bond acceptors (Lipinski definition) is 4. The summed E-state index contributed by atoms with van der Waals surface area (Å²) in [5.74, 6) is -1.72. The summed E-state index contributed by atoms with van der Waals surface area (Å²) in [6, 6.07) is 23.8. The normalized spacial score (nSPS) is 10.2. The van der Waals surface area contributed by atoms with Crippen molar-refractivity contribution in [2.75, 3.05) is 11.9 Å². The average molecular weight is 388 g/mol. The molecule has 146 valence electrons. The lowest BCUT2D eigenvalue weighted by molar-refractivity contribution is -0.146. The van der Waals surface area contributed by atoms with Crippen LogP contribution in [-0.4, -0.2) is 24.4 Å². The fourth-order valence-electron chi connectivity index (χ4n) is 2.80. The predicted octanol–water partition coefficient (Wildman–Crippen LogP) is 3.18. The van der Waals surface area contributed by atoms with Gasteiger partial charge in [0.05, 0.1) is 17.7 Å². The lowest BCUT2D eigenvalue weighted by Gasteiger charge is -2.09. The summed E-state index contributed by atoms with van der Waals surface area (Å²) in [6.45, 7) is -0.450. The maximum Gasteiger partial charge on any atom is 0.310 e. The van der Waals surface area contributed by atoms with Crippen LogP contribution in [-0.2, 0) is 20.7 Å². The third kappa shape index (κ3) is 5.52. The van der Waals surface area contributed by atoms with Gasteiger partial charge < -0.3 is 15.8 Å². The maximum atomic E-state index is 12.0. The summed E-state index contributed by atoms with van der Waals surface area (Å²) in [4.78, 5) is 35.4. The van der Waals surface area contributed by atoms with E-state index in [9.17, 15) is 14.4 Å². The molecule has 0 heterocycles. The lowest BCUT2D eigenvalue weighted by atomic mass is 10.0. The van der Waals surface area contributed by atoms with Crippen LogP contribution in [0.1, 0.15) is 15.9 Å². The third-order valence-electron chi connectivity index (χ3n) is 4.24. The van der Waals surface area contributed by atoms with Crippen molar-refractivity contribution in [2.24, 2.45) is 5.73 Å². The van der Waals surface area contributed by atoms with Gasteiger partial charge in [-0.05, 0) is 28.8 Å². The summed E-state index contributed by atoms with van der Waals surface area (Å²) < 4.78 is 5.03. The molecule has 3 rings (SSSR count). The van der Waals surface area contributed by atoms with Gasteiger partial charge in [0.15, 0.2) is 6.61 Å². The van der Waals surface area contributed by atoms with Crippen LogP contribution in [0.4, 0.5) is 5.69 Å². The molecule has 6 nitrogen and oxygen atoms in total. The number of benzene rings is 3. The number of hydrogen-bond donors (Lipinski definition) is 2. The van der Waals surface area contributed by atoms with Crippen LogP contribution in [0.15, 0.2) is 78.9 Å². The highest BCUT2D eigenvalue weighted by molar-refractivity contribution is 6.03. The number of anilines is 1. The van der Waals surface area contributed by atoms with Gasteiger partial charge in [0.25, 0.3) is 11.8 Å². The first-order valence-electron chi connectivity index (χ1n) is 9.01. The summed E-state index contributed by atoms with van der Waals surface area (Å²) in [5, 5.41) is 2.52. The van der Waals surface area contributed by atoms with Gasteiger partial charge in [0, 0.05) is 0 Å². The number of nitrogens with one attached hydrogen (secondary N) is 1. The van der Waals surface area contributed by atoms with Crippen molar-refractivity contribution in [3.05, 3.63) is 90.0 Å². The second-order valence-electron chi connectivity index (χ2n) is 6.36. The van der Waals surface area contributed by atoms with Gasteiger partial charge in [-0.2, -0.15) is 0 Å². The Labute approximate surface area is 168 Å². The van der Waals surface area contributed by atoms with Crippen LogP contribution in [0.25, 0.3) is 11.1 Å². The molecule has 0 saturated heterocycles. The number of amides is 2. The Kier molecular flexibility index (Phi) is 6.37. The van der Waals surface area contributed by atoms with E-state index in [-0.39, 0.29) is 17.7 Å². The number of esters is 1. The Morgan fingerprint density at radius 2 is 1.41 bits per heavy atom. The maximum absolute atomic E-state index is 12.0. The van der Waals surface area contributed by atoms with Crippen LogP contribution in [0.5, 0.6) is 0 Å². The van der Waals surface area contributed by atoms with E-state index >= 15 is 0 Å². The highest BCUT2D eigenvalue weighted by Gasteiger charge is 2.12. The number of nitrogens with two attached hydrogens (primary N) is 1. The number of carbonyl (C=O) groups excluding carboxylic acids is 3. The Morgan fingerprint density at radius 3 is 2.10 bits per heavy atom. The number of rotatable bonds is 7. The van der Waals surface area contributed by atoms with Crippen molar-refractivity contribution in [2.45, 2.75) is 6.42 Å². The van der Waals surface area contributed by atoms with Gasteiger partial charge >= 0.3 is 5.97 Å². The highest BCUT2D eigenvalue weighted by Crippen LogP contribution is 2.19. The van der Waals surface area contributed by atoms with Gasteiger partial charge in [0.2, 0.25) is 0 Å². The minimum absolute atomic E-state index is 0.0558. The van der Waals surface area contributed by atoms with E-state index in [0.717, 1.165) is 16.7 Å². The van der Waals surface area contributed by atoms with E-state index < -0.39 is 24.4 Å². The molecule has 0 unspecified atom stereocenters. The van der Waals surface area contributed by atoms with Gasteiger partial charge in [-0.25, -0.2) is 0 Å². The van der Waals surface area contributed by atoms with Crippen molar-refractivity contribution < 1.29 is 19.1 Å². The second-order valence-corrected chi connectivity index (χ2v) is 6.36. The fourth-order valence-corrected chi connectivity index (χ4v) is 2.80. The number of para-hydroxylation sites is 1. The zero-order valence-corrected chi connectivity index (χ0v) is 15.6. The molecule has 0 aliphatic carbocycles. The quantitative estimate of drug-likeness (QED) is 0.607. The Bertz CT molecular complexity index is 1010. The largest absolute Gasteiger partial charge is 0.455 e. The number of primary amides is 1. The minimum Gasteiger partial charge on any atom is -0.455 e. The molecule has 3 N–H and O–H groups in total. The lowest BCUT2D eigenvalue weighted by Crippen LogP contribution is -2.23. The van der Waals surface area contributed by atoms with Crippen LogP contribution in [0, 0.1) is 0 Å². The highest BCUT2D eigenvalue weighted by atomic mass is 16.5. The molecular weight excluding hydrogens is 368 g/mol. The van der Waals surface area contributed by atoms with Gasteiger partial charge in [-0.15, -0.1) is 0 Å². The van der Waals surface area contributed by atoms with Gasteiger partial charge in [0.1, 0.15) is 0 Å². The van der Waals surface area contributed by atoms with E-state index in [4.69, 9.17) is 10.5 Å². The minimum atomic E-state index is -0.656. The first kappa shape index (κ1) is 19.8. The molecule has 0 saturated carbocycles. The third-order valence-corrected chi connectivity index (χ3v) is 4.24. The van der Waals surface area contributed by atoms with Gasteiger partial charge in [-0.3, -0.25) is 14.4 Å². The molecule has 6 heteroatoms. The van der Waals surface area contributed by atoms with Crippen LogP contribution in [0.2, 0.25) is 0 Å². The molecule has 3 aromatic carbocycles. The standard InChI is InChI=1S/C23H20N2O4/c24-23(28)19-8-4-5-9-20(19)25-21(26)15-29-22(27)14-16-10-12-18(13-11-16)17-6-2-1-3-7-17/h1-13H,14-15H2,(H2,24,28)(H,25,26). The first-order valence-corrected chi connectivity index (χ1v) is 9.01. The number of carbonyl (C=O) groups is 3. The zero-order chi connectivity index (χ0) is 20.6. The molecule has 0 spiro atoms. The van der Waals surface area contributed by atoms with Crippen molar-refractivity contribution in [3.8, 4) is 11.1 Å². The predicted molar refractivity (Wildman–Crippen MR) is 110 cm³/mol. The molecule has 0 atom stereocenters. The molecule has 0 aliphatic heterocycles. The molecule has 3 aromatic rings.